The van der Waals surface area contributed by atoms with E-state index in [9.17, 15) is 8.42 Å². The third-order valence-corrected chi connectivity index (χ3v) is 5.17. The monoisotopic (exact) mass is 379 g/mol. The van der Waals surface area contributed by atoms with Gasteiger partial charge in [0.2, 0.25) is 10.0 Å². The van der Waals surface area contributed by atoms with Gasteiger partial charge in [0.15, 0.2) is 0 Å². The van der Waals surface area contributed by atoms with Gasteiger partial charge in [-0.05, 0) is 17.7 Å². The highest BCUT2D eigenvalue weighted by Gasteiger charge is 2.16. The van der Waals surface area contributed by atoms with E-state index >= 15 is 0 Å². The average Bonchev–Trinajstić information content (AvgIpc) is 3.31. The number of hydrogen-bond donors (Lipinski definition) is 2. The first-order chi connectivity index (χ1) is 13.0. The van der Waals surface area contributed by atoms with Crippen LogP contribution in [0.1, 0.15) is 5.56 Å². The van der Waals surface area contributed by atoms with Crippen LogP contribution in [0.4, 0.5) is 0 Å². The third kappa shape index (κ3) is 3.53. The van der Waals surface area contributed by atoms with Crippen molar-refractivity contribution in [1.82, 2.24) is 19.5 Å². The number of rotatable bonds is 5. The number of hydrogen-bond acceptors (Lipinski definition) is 4. The fraction of sp³-hybridized carbons (Fsp3) is 0.0526. The molecule has 4 aromatic rings. The van der Waals surface area contributed by atoms with E-state index in [1.54, 1.807) is 31.0 Å². The number of primary sulfonamides is 1. The molecule has 0 aliphatic carbocycles. The molecular formula is C19H17N5O2S. The Morgan fingerprint density at radius 3 is 2.41 bits per heavy atom. The number of nitrogens with zero attached hydrogens (tertiary/aromatic N) is 3. The van der Waals surface area contributed by atoms with Crippen LogP contribution in [0.2, 0.25) is 0 Å². The second-order valence-electron chi connectivity index (χ2n) is 6.09. The van der Waals surface area contributed by atoms with E-state index in [0.29, 0.717) is 6.54 Å². The minimum absolute atomic E-state index is 0.0932. The number of benzene rings is 2. The lowest BCUT2D eigenvalue weighted by molar-refractivity contribution is 0.597. The molecule has 8 heteroatoms. The average molecular weight is 379 g/mol. The molecule has 27 heavy (non-hydrogen) atoms. The second-order valence-corrected chi connectivity index (χ2v) is 7.65. The Bertz CT molecular complexity index is 1150. The Morgan fingerprint density at radius 1 is 1.04 bits per heavy atom. The Morgan fingerprint density at radius 2 is 1.78 bits per heavy atom. The van der Waals surface area contributed by atoms with Gasteiger partial charge in [-0.15, -0.1) is 0 Å². The van der Waals surface area contributed by atoms with E-state index in [1.807, 2.05) is 34.9 Å². The molecule has 2 heterocycles. The molecule has 0 atom stereocenters. The molecule has 0 saturated carbocycles. The smallest absolute Gasteiger partial charge is 0.238 e. The molecule has 3 N–H and O–H groups in total. The quantitative estimate of drug-likeness (QED) is 0.556. The van der Waals surface area contributed by atoms with Crippen LogP contribution in [0, 0.1) is 0 Å². The van der Waals surface area contributed by atoms with Crippen molar-refractivity contribution in [3.63, 3.8) is 0 Å². The highest BCUT2D eigenvalue weighted by atomic mass is 32.2. The zero-order valence-electron chi connectivity index (χ0n) is 14.3. The maximum Gasteiger partial charge on any atom is 0.238 e. The molecule has 0 fully saturated rings. The number of aromatic amines is 1. The number of nitrogens with two attached hydrogens (primary N) is 1. The third-order valence-electron chi connectivity index (χ3n) is 4.24. The van der Waals surface area contributed by atoms with Crippen LogP contribution in [-0.4, -0.2) is 27.9 Å². The van der Waals surface area contributed by atoms with Gasteiger partial charge in [0.1, 0.15) is 0 Å². The minimum Gasteiger partial charge on any atom is -0.343 e. The zero-order valence-corrected chi connectivity index (χ0v) is 15.1. The number of nitrogens with one attached hydrogen (secondary N) is 1. The molecule has 0 unspecified atom stereocenters. The molecule has 7 nitrogen and oxygen atoms in total. The standard InChI is InChI=1S/C19H17N5O2S/c20-27(25,26)16-8-6-14(7-9-16)11-24-13-23-18(15-4-2-1-3-5-15)19(24)17-10-21-12-22-17/h1-10,12-13H,11H2,(H,21,22)(H2,20,25,26). The summed E-state index contributed by atoms with van der Waals surface area (Å²) in [6.45, 7) is 0.527. The molecule has 0 spiro atoms. The second kappa shape index (κ2) is 6.82. The van der Waals surface area contributed by atoms with E-state index in [0.717, 1.165) is 28.2 Å². The first-order valence-corrected chi connectivity index (χ1v) is 9.78. The van der Waals surface area contributed by atoms with Crippen molar-refractivity contribution in [3.8, 4) is 22.6 Å². The summed E-state index contributed by atoms with van der Waals surface area (Å²) in [5.74, 6) is 0. The Hall–Kier alpha value is -3.23. The molecule has 136 valence electrons. The van der Waals surface area contributed by atoms with E-state index < -0.39 is 10.0 Å². The van der Waals surface area contributed by atoms with Crippen molar-refractivity contribution in [2.45, 2.75) is 11.4 Å². The van der Waals surface area contributed by atoms with E-state index in [-0.39, 0.29) is 4.90 Å². The SMILES string of the molecule is NS(=O)(=O)c1ccc(Cn2cnc(-c3ccccc3)c2-c2cnc[nH]2)cc1. The molecule has 0 radical (unpaired) electrons. The van der Waals surface area contributed by atoms with Crippen molar-refractivity contribution in [3.05, 3.63) is 79.0 Å². The van der Waals surface area contributed by atoms with Gasteiger partial charge in [-0.1, -0.05) is 42.5 Å². The highest BCUT2D eigenvalue weighted by molar-refractivity contribution is 7.89. The molecular weight excluding hydrogens is 362 g/mol. The minimum atomic E-state index is -3.70. The van der Waals surface area contributed by atoms with Gasteiger partial charge in [0, 0.05) is 12.1 Å². The van der Waals surface area contributed by atoms with Crippen LogP contribution in [-0.2, 0) is 16.6 Å². The molecule has 4 rings (SSSR count). The Balaban J connectivity index is 1.74. The fourth-order valence-electron chi connectivity index (χ4n) is 2.96. The van der Waals surface area contributed by atoms with E-state index in [1.165, 1.54) is 12.1 Å². The van der Waals surface area contributed by atoms with Crippen LogP contribution in [0.25, 0.3) is 22.6 Å². The Kier molecular flexibility index (Phi) is 4.35. The van der Waals surface area contributed by atoms with Crippen molar-refractivity contribution in [2.75, 3.05) is 0 Å². The molecule has 2 aromatic carbocycles. The maximum atomic E-state index is 11.4. The lowest BCUT2D eigenvalue weighted by atomic mass is 10.1. The summed E-state index contributed by atoms with van der Waals surface area (Å²) in [6.07, 6.45) is 5.15. The van der Waals surface area contributed by atoms with Gasteiger partial charge in [-0.2, -0.15) is 0 Å². The Labute approximate surface area is 156 Å². The first-order valence-electron chi connectivity index (χ1n) is 8.23. The van der Waals surface area contributed by atoms with Crippen molar-refractivity contribution in [2.24, 2.45) is 5.14 Å². The van der Waals surface area contributed by atoms with Gasteiger partial charge < -0.3 is 9.55 Å². The number of aromatic nitrogens is 4. The predicted octanol–water partition coefficient (Wildman–Crippen LogP) is 2.64. The van der Waals surface area contributed by atoms with E-state index in [2.05, 4.69) is 15.0 Å². The van der Waals surface area contributed by atoms with Gasteiger partial charge in [0.25, 0.3) is 0 Å². The van der Waals surface area contributed by atoms with Crippen molar-refractivity contribution >= 4 is 10.0 Å². The summed E-state index contributed by atoms with van der Waals surface area (Å²) < 4.78 is 24.8. The van der Waals surface area contributed by atoms with Gasteiger partial charge in [-0.25, -0.2) is 23.5 Å². The van der Waals surface area contributed by atoms with Crippen LogP contribution < -0.4 is 5.14 Å². The van der Waals surface area contributed by atoms with Gasteiger partial charge in [0.05, 0.1) is 40.8 Å². The topological polar surface area (TPSA) is 107 Å². The predicted molar refractivity (Wildman–Crippen MR) is 102 cm³/mol. The number of imidazole rings is 2. The van der Waals surface area contributed by atoms with Crippen LogP contribution in [0.5, 0.6) is 0 Å². The molecule has 2 aromatic heterocycles. The van der Waals surface area contributed by atoms with Crippen molar-refractivity contribution in [1.29, 1.82) is 0 Å². The van der Waals surface area contributed by atoms with Crippen LogP contribution in [0.3, 0.4) is 0 Å². The molecule has 0 aliphatic heterocycles. The molecule has 0 saturated heterocycles. The summed E-state index contributed by atoms with van der Waals surface area (Å²) in [6, 6.07) is 16.4. The largest absolute Gasteiger partial charge is 0.343 e. The lowest BCUT2D eigenvalue weighted by Gasteiger charge is -2.10. The first kappa shape index (κ1) is 17.2. The zero-order chi connectivity index (χ0) is 18.9. The molecule has 0 bridgehead atoms. The van der Waals surface area contributed by atoms with E-state index in [4.69, 9.17) is 5.14 Å². The maximum absolute atomic E-state index is 11.4. The summed E-state index contributed by atoms with van der Waals surface area (Å²) in [5, 5.41) is 5.16. The molecule has 0 aliphatic rings. The summed E-state index contributed by atoms with van der Waals surface area (Å²) in [4.78, 5) is 11.9. The summed E-state index contributed by atoms with van der Waals surface area (Å²) in [5.41, 5.74) is 4.55. The number of sulfonamides is 1. The van der Waals surface area contributed by atoms with Gasteiger partial charge in [-0.3, -0.25) is 0 Å². The van der Waals surface area contributed by atoms with Gasteiger partial charge >= 0.3 is 0 Å². The summed E-state index contributed by atoms with van der Waals surface area (Å²) >= 11 is 0. The fourth-order valence-corrected chi connectivity index (χ4v) is 3.47. The molecule has 0 amide bonds. The summed E-state index contributed by atoms with van der Waals surface area (Å²) in [7, 11) is -3.70. The highest BCUT2D eigenvalue weighted by Crippen LogP contribution is 2.30. The number of H-pyrrole nitrogens is 1. The van der Waals surface area contributed by atoms with Crippen LogP contribution in [0.15, 0.2) is 78.3 Å². The lowest BCUT2D eigenvalue weighted by Crippen LogP contribution is -2.12. The van der Waals surface area contributed by atoms with Crippen molar-refractivity contribution < 1.29 is 8.42 Å². The normalized spacial score (nSPS) is 11.6. The van der Waals surface area contributed by atoms with Crippen LogP contribution >= 0.6 is 0 Å².